The summed E-state index contributed by atoms with van der Waals surface area (Å²) in [6.45, 7) is 3.71. The minimum Gasteiger partial charge on any atom is -0.469 e. The summed E-state index contributed by atoms with van der Waals surface area (Å²) in [4.78, 5) is 23.9. The van der Waals surface area contributed by atoms with Gasteiger partial charge in [0.2, 0.25) is 0 Å². The van der Waals surface area contributed by atoms with E-state index in [1.807, 2.05) is 13.8 Å². The molecule has 116 valence electrons. The van der Waals surface area contributed by atoms with Crippen molar-refractivity contribution in [2.45, 2.75) is 32.7 Å². The van der Waals surface area contributed by atoms with Gasteiger partial charge in [0.15, 0.2) is 5.78 Å². The summed E-state index contributed by atoms with van der Waals surface area (Å²) >= 11 is 0. The third kappa shape index (κ3) is 5.27. The van der Waals surface area contributed by atoms with Crippen LogP contribution in [0.25, 0.3) is 0 Å². The summed E-state index contributed by atoms with van der Waals surface area (Å²) in [7, 11) is 1.28. The van der Waals surface area contributed by atoms with Gasteiger partial charge >= 0.3 is 5.97 Å². The van der Waals surface area contributed by atoms with Gasteiger partial charge in [-0.3, -0.25) is 9.59 Å². The van der Waals surface area contributed by atoms with E-state index in [-0.39, 0.29) is 23.9 Å². The molecule has 0 saturated heterocycles. The summed E-state index contributed by atoms with van der Waals surface area (Å²) < 4.78 is 17.6. The fourth-order valence-electron chi connectivity index (χ4n) is 2.06. The lowest BCUT2D eigenvalue weighted by molar-refractivity contribution is -0.147. The Bertz CT molecular complexity index is 485. The zero-order valence-electron chi connectivity index (χ0n) is 12.6. The second-order valence-corrected chi connectivity index (χ2v) is 5.49. The van der Waals surface area contributed by atoms with Gasteiger partial charge in [-0.25, -0.2) is 4.39 Å². The first-order valence-corrected chi connectivity index (χ1v) is 6.95. The highest BCUT2D eigenvalue weighted by molar-refractivity contribution is 5.88. The average Bonchev–Trinajstić information content (AvgIpc) is 2.46. The third-order valence-corrected chi connectivity index (χ3v) is 3.47. The Balaban J connectivity index is 2.79. The molecular formula is C16H22FNO3. The lowest BCUT2D eigenvalue weighted by Gasteiger charge is -2.18. The summed E-state index contributed by atoms with van der Waals surface area (Å²) in [5.41, 5.74) is 6.59. The number of methoxy groups -OCH3 is 1. The normalized spacial score (nSPS) is 13.8. The second-order valence-electron chi connectivity index (χ2n) is 5.49. The molecule has 4 nitrogen and oxygen atoms in total. The molecule has 1 unspecified atom stereocenters. The van der Waals surface area contributed by atoms with Crippen LogP contribution in [-0.4, -0.2) is 24.9 Å². The maximum Gasteiger partial charge on any atom is 0.309 e. The fourth-order valence-corrected chi connectivity index (χ4v) is 2.06. The first kappa shape index (κ1) is 17.3. The molecule has 2 atom stereocenters. The highest BCUT2D eigenvalue weighted by atomic mass is 19.1. The standard InChI is InChI=1S/C16H22FNO3/c1-10(2)15(18)14(19)9-12(16(20)21-3)8-11-4-6-13(17)7-5-11/h4-7,10,12,15H,8-9,18H2,1-3H3/t12-,15?/m1/s1. The number of ketones is 1. The zero-order valence-corrected chi connectivity index (χ0v) is 12.6. The van der Waals surface area contributed by atoms with E-state index in [2.05, 4.69) is 0 Å². The van der Waals surface area contributed by atoms with Crippen molar-refractivity contribution in [2.24, 2.45) is 17.6 Å². The average molecular weight is 295 g/mol. The number of hydrogen-bond donors (Lipinski definition) is 1. The maximum absolute atomic E-state index is 12.9. The maximum atomic E-state index is 12.9. The molecule has 21 heavy (non-hydrogen) atoms. The van der Waals surface area contributed by atoms with Gasteiger partial charge in [-0.2, -0.15) is 0 Å². The molecule has 0 heterocycles. The Labute approximate surface area is 124 Å². The molecule has 0 fully saturated rings. The van der Waals surface area contributed by atoms with Gasteiger partial charge in [-0.05, 0) is 30.0 Å². The van der Waals surface area contributed by atoms with Gasteiger partial charge in [0.05, 0.1) is 19.1 Å². The van der Waals surface area contributed by atoms with E-state index < -0.39 is 17.9 Å². The summed E-state index contributed by atoms with van der Waals surface area (Å²) in [6.07, 6.45) is 0.354. The van der Waals surface area contributed by atoms with Crippen molar-refractivity contribution < 1.29 is 18.7 Å². The molecule has 0 radical (unpaired) electrons. The highest BCUT2D eigenvalue weighted by Gasteiger charge is 2.27. The number of carbonyl (C=O) groups is 2. The molecule has 0 bridgehead atoms. The van der Waals surface area contributed by atoms with E-state index in [0.717, 1.165) is 5.56 Å². The summed E-state index contributed by atoms with van der Waals surface area (Å²) in [6, 6.07) is 5.25. The SMILES string of the molecule is COC(=O)[C@@H](CC(=O)C(N)C(C)C)Cc1ccc(F)cc1. The number of benzene rings is 1. The van der Waals surface area contributed by atoms with Gasteiger partial charge in [0.25, 0.3) is 0 Å². The van der Waals surface area contributed by atoms with E-state index >= 15 is 0 Å². The van der Waals surface area contributed by atoms with Crippen LogP contribution in [0.5, 0.6) is 0 Å². The van der Waals surface area contributed by atoms with Crippen molar-refractivity contribution in [3.63, 3.8) is 0 Å². The molecule has 1 rings (SSSR count). The minimum atomic E-state index is -0.599. The van der Waals surface area contributed by atoms with Crippen molar-refractivity contribution >= 4 is 11.8 Å². The van der Waals surface area contributed by atoms with Crippen LogP contribution < -0.4 is 5.73 Å². The molecule has 2 N–H and O–H groups in total. The molecule has 0 amide bonds. The van der Waals surface area contributed by atoms with E-state index in [4.69, 9.17) is 10.5 Å². The van der Waals surface area contributed by atoms with Crippen molar-refractivity contribution in [3.8, 4) is 0 Å². The minimum absolute atomic E-state index is 0.0154. The Kier molecular flexibility index (Phi) is 6.49. The third-order valence-electron chi connectivity index (χ3n) is 3.47. The van der Waals surface area contributed by atoms with Crippen molar-refractivity contribution in [1.82, 2.24) is 0 Å². The van der Waals surface area contributed by atoms with Gasteiger partial charge in [-0.15, -0.1) is 0 Å². The number of halogens is 1. The second kappa shape index (κ2) is 7.88. The molecule has 0 aliphatic rings. The molecule has 5 heteroatoms. The van der Waals surface area contributed by atoms with Gasteiger partial charge in [0, 0.05) is 6.42 Å². The van der Waals surface area contributed by atoms with E-state index in [1.54, 1.807) is 12.1 Å². The van der Waals surface area contributed by atoms with Crippen LogP contribution in [0.4, 0.5) is 4.39 Å². The molecule has 1 aromatic rings. The van der Waals surface area contributed by atoms with Crippen LogP contribution in [0.15, 0.2) is 24.3 Å². The first-order valence-electron chi connectivity index (χ1n) is 6.95. The number of ether oxygens (including phenoxy) is 1. The van der Waals surface area contributed by atoms with Gasteiger partial charge < -0.3 is 10.5 Å². The van der Waals surface area contributed by atoms with Crippen LogP contribution in [0.1, 0.15) is 25.8 Å². The Morgan fingerprint density at radius 3 is 2.29 bits per heavy atom. The smallest absolute Gasteiger partial charge is 0.309 e. The molecule has 0 spiro atoms. The van der Waals surface area contributed by atoms with Crippen LogP contribution in [0.2, 0.25) is 0 Å². The zero-order chi connectivity index (χ0) is 16.0. The van der Waals surface area contributed by atoms with Crippen LogP contribution in [-0.2, 0) is 20.7 Å². The van der Waals surface area contributed by atoms with Crippen LogP contribution >= 0.6 is 0 Å². The van der Waals surface area contributed by atoms with Crippen LogP contribution in [0, 0.1) is 17.7 Å². The predicted molar refractivity (Wildman–Crippen MR) is 78.0 cm³/mol. The largest absolute Gasteiger partial charge is 0.469 e. The topological polar surface area (TPSA) is 69.4 Å². The number of rotatable bonds is 7. The van der Waals surface area contributed by atoms with E-state index in [0.29, 0.717) is 6.42 Å². The number of Topliss-reactive ketones (excluding diaryl/α,β-unsaturated/α-hetero) is 1. The molecule has 0 aliphatic carbocycles. The van der Waals surface area contributed by atoms with Gasteiger partial charge in [-0.1, -0.05) is 26.0 Å². The summed E-state index contributed by atoms with van der Waals surface area (Å²) in [5.74, 6) is -1.54. The van der Waals surface area contributed by atoms with Gasteiger partial charge in [0.1, 0.15) is 5.82 Å². The van der Waals surface area contributed by atoms with Crippen molar-refractivity contribution in [3.05, 3.63) is 35.6 Å². The number of esters is 1. The van der Waals surface area contributed by atoms with E-state index in [1.165, 1.54) is 19.2 Å². The first-order chi connectivity index (χ1) is 9.85. The van der Waals surface area contributed by atoms with Crippen molar-refractivity contribution in [2.75, 3.05) is 7.11 Å². The number of nitrogens with two attached hydrogens (primary N) is 1. The molecular weight excluding hydrogens is 273 g/mol. The lowest BCUT2D eigenvalue weighted by Crippen LogP contribution is -2.38. The Morgan fingerprint density at radius 1 is 1.24 bits per heavy atom. The molecule has 0 aromatic heterocycles. The molecule has 0 aliphatic heterocycles. The van der Waals surface area contributed by atoms with Crippen LogP contribution in [0.3, 0.4) is 0 Å². The lowest BCUT2D eigenvalue weighted by atomic mass is 9.89. The summed E-state index contributed by atoms with van der Waals surface area (Å²) in [5, 5.41) is 0. The highest BCUT2D eigenvalue weighted by Crippen LogP contribution is 2.17. The van der Waals surface area contributed by atoms with E-state index in [9.17, 15) is 14.0 Å². The Hall–Kier alpha value is -1.75. The Morgan fingerprint density at radius 2 is 1.81 bits per heavy atom. The fraction of sp³-hybridized carbons (Fsp3) is 0.500. The van der Waals surface area contributed by atoms with Crippen molar-refractivity contribution in [1.29, 1.82) is 0 Å². The quantitative estimate of drug-likeness (QED) is 0.782. The molecule has 0 saturated carbocycles. The number of hydrogen-bond acceptors (Lipinski definition) is 4. The molecule has 1 aromatic carbocycles. The predicted octanol–water partition coefficient (Wildman–Crippen LogP) is 2.10. The number of carbonyl (C=O) groups excluding carboxylic acids is 2. The monoisotopic (exact) mass is 295 g/mol.